The van der Waals surface area contributed by atoms with Crippen LogP contribution in [-0.4, -0.2) is 25.4 Å². The van der Waals surface area contributed by atoms with E-state index in [1.807, 2.05) is 24.6 Å². The molecule has 106 valence electrons. The molecule has 2 aromatic rings. The van der Waals surface area contributed by atoms with Gasteiger partial charge in [0.25, 0.3) is 0 Å². The van der Waals surface area contributed by atoms with Gasteiger partial charge in [-0.1, -0.05) is 0 Å². The van der Waals surface area contributed by atoms with Crippen LogP contribution in [0.25, 0.3) is 9.75 Å². The fourth-order valence-corrected chi connectivity index (χ4v) is 4.31. The van der Waals surface area contributed by atoms with Gasteiger partial charge in [0, 0.05) is 10.8 Å². The van der Waals surface area contributed by atoms with E-state index < -0.39 is 0 Å². The molecule has 0 bridgehead atoms. The molecule has 0 saturated carbocycles. The molecule has 0 radical (unpaired) electrons. The fraction of sp³-hybridized carbons (Fsp3) is 0.429. The molecule has 6 heteroatoms. The van der Waals surface area contributed by atoms with E-state index in [0.29, 0.717) is 13.2 Å². The Bertz CT molecular complexity index is 589. The average Bonchev–Trinajstić information content (AvgIpc) is 3.01. The van der Waals surface area contributed by atoms with Gasteiger partial charge in [-0.25, -0.2) is 0 Å². The lowest BCUT2D eigenvalue weighted by molar-refractivity contribution is 0.104. The van der Waals surface area contributed by atoms with E-state index in [2.05, 4.69) is 0 Å². The third kappa shape index (κ3) is 1.86. The first-order valence-corrected chi connectivity index (χ1v) is 8.30. The van der Waals surface area contributed by atoms with E-state index in [0.717, 1.165) is 32.8 Å². The number of ether oxygens (including phenoxy) is 4. The summed E-state index contributed by atoms with van der Waals surface area (Å²) in [6.45, 7) is 5.18. The summed E-state index contributed by atoms with van der Waals surface area (Å²) in [6.07, 6.45) is 0.199. The second-order valence-electron chi connectivity index (χ2n) is 5.00. The quantitative estimate of drug-likeness (QED) is 0.803. The van der Waals surface area contributed by atoms with Gasteiger partial charge >= 0.3 is 0 Å². The molecule has 2 aliphatic rings. The zero-order valence-electron chi connectivity index (χ0n) is 11.2. The molecule has 2 unspecified atom stereocenters. The Morgan fingerprint density at radius 3 is 1.75 bits per heavy atom. The van der Waals surface area contributed by atoms with E-state index in [9.17, 15) is 0 Å². The van der Waals surface area contributed by atoms with Crippen LogP contribution in [0, 0.1) is 0 Å². The number of thiophene rings is 2. The molecule has 0 N–H and O–H groups in total. The first-order valence-electron chi connectivity index (χ1n) is 6.54. The molecule has 0 fully saturated rings. The lowest BCUT2D eigenvalue weighted by Gasteiger charge is -2.23. The third-order valence-corrected chi connectivity index (χ3v) is 5.26. The second kappa shape index (κ2) is 4.56. The smallest absolute Gasteiger partial charge is 0.180 e. The molecule has 0 amide bonds. The van der Waals surface area contributed by atoms with E-state index in [1.54, 1.807) is 22.7 Å². The molecule has 4 heterocycles. The predicted molar refractivity (Wildman–Crippen MR) is 78.8 cm³/mol. The van der Waals surface area contributed by atoms with Gasteiger partial charge in [-0.2, -0.15) is 0 Å². The minimum absolute atomic E-state index is 0.0997. The normalized spacial score (nSPS) is 23.7. The van der Waals surface area contributed by atoms with E-state index >= 15 is 0 Å². The summed E-state index contributed by atoms with van der Waals surface area (Å²) in [4.78, 5) is 2.13. The van der Waals surface area contributed by atoms with Crippen LogP contribution in [0.15, 0.2) is 10.8 Å². The van der Waals surface area contributed by atoms with Crippen molar-refractivity contribution in [1.82, 2.24) is 0 Å². The van der Waals surface area contributed by atoms with Crippen LogP contribution in [0.5, 0.6) is 23.0 Å². The summed E-state index contributed by atoms with van der Waals surface area (Å²) in [5.41, 5.74) is 0. The van der Waals surface area contributed by atoms with E-state index in [-0.39, 0.29) is 12.2 Å². The molecule has 2 aliphatic heterocycles. The molecule has 4 nitrogen and oxygen atoms in total. The maximum absolute atomic E-state index is 5.84. The van der Waals surface area contributed by atoms with Crippen LogP contribution in [-0.2, 0) is 0 Å². The number of hydrogen-bond donors (Lipinski definition) is 0. The van der Waals surface area contributed by atoms with Gasteiger partial charge < -0.3 is 18.9 Å². The van der Waals surface area contributed by atoms with Gasteiger partial charge in [0.15, 0.2) is 23.0 Å². The van der Waals surface area contributed by atoms with Gasteiger partial charge in [0.2, 0.25) is 0 Å². The lowest BCUT2D eigenvalue weighted by atomic mass is 10.2. The predicted octanol–water partition coefficient (Wildman–Crippen LogP) is 3.80. The summed E-state index contributed by atoms with van der Waals surface area (Å²) < 4.78 is 23.3. The van der Waals surface area contributed by atoms with Crippen LogP contribution in [0.1, 0.15) is 13.8 Å². The highest BCUT2D eigenvalue weighted by atomic mass is 32.1. The summed E-state index contributed by atoms with van der Waals surface area (Å²) in [7, 11) is 0. The van der Waals surface area contributed by atoms with Crippen LogP contribution >= 0.6 is 22.7 Å². The van der Waals surface area contributed by atoms with Gasteiger partial charge in [-0.05, 0) is 13.8 Å². The second-order valence-corrected chi connectivity index (χ2v) is 6.75. The molecule has 0 spiro atoms. The highest BCUT2D eigenvalue weighted by molar-refractivity contribution is 7.21. The van der Waals surface area contributed by atoms with E-state index in [1.165, 1.54) is 0 Å². The molecule has 4 rings (SSSR count). The Labute approximate surface area is 124 Å². The highest BCUT2D eigenvalue weighted by Gasteiger charge is 2.29. The number of rotatable bonds is 1. The number of fused-ring (bicyclic) bond motifs is 2. The van der Waals surface area contributed by atoms with Gasteiger partial charge in [-0.3, -0.25) is 0 Å². The maximum Gasteiger partial charge on any atom is 0.180 e. The molecule has 0 saturated heterocycles. The van der Waals surface area contributed by atoms with Crippen molar-refractivity contribution in [3.8, 4) is 32.8 Å². The van der Waals surface area contributed by atoms with Crippen molar-refractivity contribution in [1.29, 1.82) is 0 Å². The van der Waals surface area contributed by atoms with Gasteiger partial charge in [-0.15, -0.1) is 22.7 Å². The Morgan fingerprint density at radius 1 is 0.850 bits per heavy atom. The SMILES string of the molecule is CC1COc2c(csc2-c2scc3c2OCC(C)O3)O1. The number of hydrogen-bond acceptors (Lipinski definition) is 6. The molecule has 0 aliphatic carbocycles. The van der Waals surface area contributed by atoms with Crippen LogP contribution < -0.4 is 18.9 Å². The Kier molecular flexibility index (Phi) is 2.82. The largest absolute Gasteiger partial charge is 0.484 e. The van der Waals surface area contributed by atoms with Gasteiger partial charge in [0.05, 0.1) is 9.75 Å². The summed E-state index contributed by atoms with van der Waals surface area (Å²) in [6, 6.07) is 0. The van der Waals surface area contributed by atoms with Gasteiger partial charge in [0.1, 0.15) is 25.4 Å². The standard InChI is InChI=1S/C14H14O4S2/c1-7-3-15-11-9(17-7)5-19-13(11)14-12-10(6-20-14)18-8(2)4-16-12/h5-8H,3-4H2,1-2H3. The van der Waals surface area contributed by atoms with Crippen molar-refractivity contribution in [2.24, 2.45) is 0 Å². The topological polar surface area (TPSA) is 36.9 Å². The van der Waals surface area contributed by atoms with E-state index in [4.69, 9.17) is 18.9 Å². The third-order valence-electron chi connectivity index (χ3n) is 3.21. The molecule has 2 aromatic heterocycles. The van der Waals surface area contributed by atoms with Crippen molar-refractivity contribution in [2.45, 2.75) is 26.1 Å². The van der Waals surface area contributed by atoms with Crippen LogP contribution in [0.2, 0.25) is 0 Å². The minimum atomic E-state index is 0.0997. The maximum atomic E-state index is 5.84. The zero-order valence-corrected chi connectivity index (χ0v) is 12.8. The van der Waals surface area contributed by atoms with Crippen molar-refractivity contribution >= 4 is 22.7 Å². The average molecular weight is 310 g/mol. The summed E-state index contributed by atoms with van der Waals surface area (Å²) >= 11 is 3.25. The minimum Gasteiger partial charge on any atom is -0.484 e. The fourth-order valence-electron chi connectivity index (χ4n) is 2.31. The summed E-state index contributed by atoms with van der Waals surface area (Å²) in [5.74, 6) is 3.33. The van der Waals surface area contributed by atoms with Crippen molar-refractivity contribution < 1.29 is 18.9 Å². The molecular weight excluding hydrogens is 296 g/mol. The molecule has 20 heavy (non-hydrogen) atoms. The van der Waals surface area contributed by atoms with Crippen LogP contribution in [0.3, 0.4) is 0 Å². The highest BCUT2D eigenvalue weighted by Crippen LogP contribution is 2.54. The van der Waals surface area contributed by atoms with Crippen LogP contribution in [0.4, 0.5) is 0 Å². The first kappa shape index (κ1) is 12.3. The molecule has 2 atom stereocenters. The first-order chi connectivity index (χ1) is 9.72. The van der Waals surface area contributed by atoms with Crippen molar-refractivity contribution in [3.63, 3.8) is 0 Å². The zero-order chi connectivity index (χ0) is 13.7. The Morgan fingerprint density at radius 2 is 1.30 bits per heavy atom. The van der Waals surface area contributed by atoms with Crippen molar-refractivity contribution in [3.05, 3.63) is 10.8 Å². The lowest BCUT2D eigenvalue weighted by Crippen LogP contribution is -2.25. The molecule has 0 aromatic carbocycles. The Balaban J connectivity index is 1.76. The summed E-state index contributed by atoms with van der Waals surface area (Å²) in [5, 5.41) is 4.00. The van der Waals surface area contributed by atoms with Crippen molar-refractivity contribution in [2.75, 3.05) is 13.2 Å². The monoisotopic (exact) mass is 310 g/mol. The Hall–Kier alpha value is -1.40. The molecular formula is C14H14O4S2.